The molecule has 1 fully saturated rings. The predicted molar refractivity (Wildman–Crippen MR) is 69.8 cm³/mol. The van der Waals surface area contributed by atoms with Crippen LogP contribution in [0.3, 0.4) is 0 Å². The van der Waals surface area contributed by atoms with Gasteiger partial charge in [-0.25, -0.2) is 0 Å². The molecule has 1 amide bonds. The van der Waals surface area contributed by atoms with Gasteiger partial charge >= 0.3 is 0 Å². The van der Waals surface area contributed by atoms with E-state index in [1.165, 1.54) is 19.3 Å². The van der Waals surface area contributed by atoms with Crippen molar-refractivity contribution in [3.63, 3.8) is 0 Å². The molecule has 1 aromatic carbocycles. The van der Waals surface area contributed by atoms with Crippen LogP contribution >= 0.6 is 0 Å². The molecule has 1 N–H and O–H groups in total. The quantitative estimate of drug-likeness (QED) is 0.779. The average Bonchev–Trinajstić information content (AvgIpc) is 3.20. The summed E-state index contributed by atoms with van der Waals surface area (Å²) in [6.45, 7) is 0.783. The van der Waals surface area contributed by atoms with Gasteiger partial charge in [-0.3, -0.25) is 4.79 Å². The van der Waals surface area contributed by atoms with Gasteiger partial charge in [0, 0.05) is 6.54 Å². The number of hydrogen-bond acceptors (Lipinski definition) is 2. The molecule has 1 aliphatic rings. The van der Waals surface area contributed by atoms with Gasteiger partial charge in [0.05, 0.1) is 18.1 Å². The largest absolute Gasteiger partial charge is 0.356 e. The van der Waals surface area contributed by atoms with Crippen molar-refractivity contribution in [3.05, 3.63) is 35.4 Å². The lowest BCUT2D eigenvalue weighted by Gasteiger charge is -2.05. The Labute approximate surface area is 108 Å². The molecule has 0 spiro atoms. The normalized spacial score (nSPS) is 13.9. The molecule has 0 heterocycles. The highest BCUT2D eigenvalue weighted by Crippen LogP contribution is 2.33. The second kappa shape index (κ2) is 6.20. The van der Waals surface area contributed by atoms with Crippen LogP contribution in [0.2, 0.25) is 0 Å². The second-order valence-corrected chi connectivity index (χ2v) is 4.92. The Morgan fingerprint density at radius 1 is 1.33 bits per heavy atom. The number of carbonyl (C=O) groups is 1. The maximum Gasteiger partial charge on any atom is 0.224 e. The molecule has 0 radical (unpaired) electrons. The van der Waals surface area contributed by atoms with Gasteiger partial charge in [0.2, 0.25) is 5.91 Å². The molecule has 1 aromatic rings. The van der Waals surface area contributed by atoms with Crippen molar-refractivity contribution in [1.29, 1.82) is 5.26 Å². The third kappa shape index (κ3) is 4.21. The number of hydrogen-bond donors (Lipinski definition) is 1. The summed E-state index contributed by atoms with van der Waals surface area (Å²) in [7, 11) is 0. The topological polar surface area (TPSA) is 52.9 Å². The van der Waals surface area contributed by atoms with E-state index in [0.29, 0.717) is 12.0 Å². The highest BCUT2D eigenvalue weighted by molar-refractivity contribution is 5.78. The van der Waals surface area contributed by atoms with E-state index in [1.54, 1.807) is 12.1 Å². The summed E-state index contributed by atoms with van der Waals surface area (Å²) in [5.41, 5.74) is 1.58. The smallest absolute Gasteiger partial charge is 0.224 e. The first kappa shape index (κ1) is 12.6. The molecule has 3 nitrogen and oxygen atoms in total. The number of rotatable bonds is 6. The van der Waals surface area contributed by atoms with Gasteiger partial charge < -0.3 is 5.32 Å². The average molecular weight is 242 g/mol. The van der Waals surface area contributed by atoms with Crippen LogP contribution in [0.4, 0.5) is 0 Å². The van der Waals surface area contributed by atoms with Gasteiger partial charge in [0.15, 0.2) is 0 Å². The van der Waals surface area contributed by atoms with Crippen molar-refractivity contribution in [3.8, 4) is 6.07 Å². The maximum atomic E-state index is 11.7. The molecule has 18 heavy (non-hydrogen) atoms. The van der Waals surface area contributed by atoms with E-state index in [0.717, 1.165) is 24.4 Å². The van der Waals surface area contributed by atoms with Crippen LogP contribution in [-0.4, -0.2) is 12.5 Å². The van der Waals surface area contributed by atoms with Crippen molar-refractivity contribution in [2.24, 2.45) is 5.92 Å². The van der Waals surface area contributed by atoms with Crippen LogP contribution in [0.15, 0.2) is 24.3 Å². The zero-order chi connectivity index (χ0) is 12.8. The van der Waals surface area contributed by atoms with Crippen LogP contribution in [0.1, 0.15) is 36.8 Å². The molecule has 2 rings (SSSR count). The highest BCUT2D eigenvalue weighted by Gasteiger charge is 2.20. The van der Waals surface area contributed by atoms with E-state index in [4.69, 9.17) is 5.26 Å². The lowest BCUT2D eigenvalue weighted by molar-refractivity contribution is -0.120. The molecule has 0 unspecified atom stereocenters. The molecular formula is C15H18N2O. The fourth-order valence-electron chi connectivity index (χ4n) is 1.97. The Hall–Kier alpha value is -1.82. The molecule has 1 saturated carbocycles. The maximum absolute atomic E-state index is 11.7. The molecule has 3 heteroatoms. The van der Waals surface area contributed by atoms with Gasteiger partial charge in [0.1, 0.15) is 0 Å². The van der Waals surface area contributed by atoms with Gasteiger partial charge in [-0.05, 0) is 36.5 Å². The van der Waals surface area contributed by atoms with Crippen molar-refractivity contribution in [2.75, 3.05) is 6.54 Å². The van der Waals surface area contributed by atoms with Crippen LogP contribution < -0.4 is 5.32 Å². The number of carbonyl (C=O) groups excluding carboxylic acids is 1. The summed E-state index contributed by atoms with van der Waals surface area (Å²) in [4.78, 5) is 11.7. The van der Waals surface area contributed by atoms with E-state index in [-0.39, 0.29) is 5.91 Å². The lowest BCUT2D eigenvalue weighted by Crippen LogP contribution is -2.26. The third-order valence-corrected chi connectivity index (χ3v) is 3.26. The van der Waals surface area contributed by atoms with E-state index in [2.05, 4.69) is 11.4 Å². The summed E-state index contributed by atoms with van der Waals surface area (Å²) in [6, 6.07) is 9.23. The van der Waals surface area contributed by atoms with E-state index in [1.807, 2.05) is 12.1 Å². The summed E-state index contributed by atoms with van der Waals surface area (Å²) in [5.74, 6) is 0.996. The highest BCUT2D eigenvalue weighted by atomic mass is 16.1. The number of nitrogens with one attached hydrogen (secondary N) is 1. The van der Waals surface area contributed by atoms with Crippen molar-refractivity contribution < 1.29 is 4.79 Å². The standard InChI is InChI=1S/C15H18N2O/c16-11-14-7-5-13(6-8-14)10-15(18)17-9-1-2-12-3-4-12/h5-8,12H,1-4,9-10H2,(H,17,18). The zero-order valence-electron chi connectivity index (χ0n) is 10.5. The molecule has 0 bridgehead atoms. The van der Waals surface area contributed by atoms with Crippen LogP contribution in [0, 0.1) is 17.2 Å². The van der Waals surface area contributed by atoms with E-state index >= 15 is 0 Å². The minimum atomic E-state index is 0.0653. The molecule has 0 saturated heterocycles. The predicted octanol–water partition coefficient (Wildman–Crippen LogP) is 2.41. The summed E-state index contributed by atoms with van der Waals surface area (Å²) >= 11 is 0. The monoisotopic (exact) mass is 242 g/mol. The number of amides is 1. The van der Waals surface area contributed by atoms with Crippen LogP contribution in [0.5, 0.6) is 0 Å². The molecule has 94 valence electrons. The van der Waals surface area contributed by atoms with E-state index in [9.17, 15) is 4.79 Å². The Kier molecular flexibility index (Phi) is 4.35. The fourth-order valence-corrected chi connectivity index (χ4v) is 1.97. The van der Waals surface area contributed by atoms with Gasteiger partial charge in [0.25, 0.3) is 0 Å². The SMILES string of the molecule is N#Cc1ccc(CC(=O)NCCCC2CC2)cc1. The summed E-state index contributed by atoms with van der Waals surface area (Å²) in [6.07, 6.45) is 5.48. The molecular weight excluding hydrogens is 224 g/mol. The number of nitrogens with zero attached hydrogens (tertiary/aromatic N) is 1. The van der Waals surface area contributed by atoms with Crippen molar-refractivity contribution in [1.82, 2.24) is 5.32 Å². The van der Waals surface area contributed by atoms with Crippen LogP contribution in [-0.2, 0) is 11.2 Å². The molecule has 0 atom stereocenters. The van der Waals surface area contributed by atoms with Gasteiger partial charge in [-0.1, -0.05) is 25.0 Å². The van der Waals surface area contributed by atoms with E-state index < -0.39 is 0 Å². The Bertz CT molecular complexity index is 441. The summed E-state index contributed by atoms with van der Waals surface area (Å²) < 4.78 is 0. The lowest BCUT2D eigenvalue weighted by atomic mass is 10.1. The fraction of sp³-hybridized carbons (Fsp3) is 0.467. The first-order chi connectivity index (χ1) is 8.78. The molecule has 0 aliphatic heterocycles. The van der Waals surface area contributed by atoms with Gasteiger partial charge in [-0.15, -0.1) is 0 Å². The third-order valence-electron chi connectivity index (χ3n) is 3.26. The van der Waals surface area contributed by atoms with Crippen molar-refractivity contribution >= 4 is 5.91 Å². The Balaban J connectivity index is 1.67. The molecule has 1 aliphatic carbocycles. The number of nitriles is 1. The van der Waals surface area contributed by atoms with Crippen LogP contribution in [0.25, 0.3) is 0 Å². The zero-order valence-corrected chi connectivity index (χ0v) is 10.5. The summed E-state index contributed by atoms with van der Waals surface area (Å²) in [5, 5.41) is 11.6. The first-order valence-electron chi connectivity index (χ1n) is 6.53. The van der Waals surface area contributed by atoms with Gasteiger partial charge in [-0.2, -0.15) is 5.26 Å². The Morgan fingerprint density at radius 2 is 2.06 bits per heavy atom. The number of benzene rings is 1. The molecule has 0 aromatic heterocycles. The first-order valence-corrected chi connectivity index (χ1v) is 6.53. The minimum Gasteiger partial charge on any atom is -0.356 e. The van der Waals surface area contributed by atoms with Crippen molar-refractivity contribution in [2.45, 2.75) is 32.1 Å². The Morgan fingerprint density at radius 3 is 2.67 bits per heavy atom. The minimum absolute atomic E-state index is 0.0653. The second-order valence-electron chi connectivity index (χ2n) is 4.92.